The molecule has 1 heterocycles. The van der Waals surface area contributed by atoms with Crippen LogP contribution in [0.2, 0.25) is 10.0 Å². The highest BCUT2D eigenvalue weighted by atomic mass is 35.5. The Labute approximate surface area is 117 Å². The van der Waals surface area contributed by atoms with Crippen LogP contribution in [-0.2, 0) is 0 Å². The lowest BCUT2D eigenvalue weighted by Gasteiger charge is -2.22. The summed E-state index contributed by atoms with van der Waals surface area (Å²) in [6.45, 7) is 3.34. The van der Waals surface area contributed by atoms with Gasteiger partial charge in [-0.25, -0.2) is 0 Å². The smallest absolute Gasteiger partial charge is 0.255 e. The average molecular weight is 287 g/mol. The molecule has 5 heteroatoms. The number of amides is 1. The summed E-state index contributed by atoms with van der Waals surface area (Å²) < 4.78 is 0. The van der Waals surface area contributed by atoms with Gasteiger partial charge in [0.05, 0.1) is 15.6 Å². The van der Waals surface area contributed by atoms with Gasteiger partial charge < -0.3 is 10.6 Å². The van der Waals surface area contributed by atoms with E-state index in [1.807, 2.05) is 11.8 Å². The van der Waals surface area contributed by atoms with Crippen molar-refractivity contribution in [1.82, 2.24) is 4.90 Å². The van der Waals surface area contributed by atoms with Crippen molar-refractivity contribution in [1.29, 1.82) is 0 Å². The SMILES string of the molecule is CC1CC(CN)CN1C(=O)c1cccc(Cl)c1Cl. The molecule has 2 atom stereocenters. The molecule has 1 aromatic carbocycles. The molecule has 1 fully saturated rings. The van der Waals surface area contributed by atoms with Crippen LogP contribution in [-0.4, -0.2) is 29.9 Å². The first-order valence-corrected chi connectivity index (χ1v) is 6.75. The molecule has 0 saturated carbocycles. The molecule has 98 valence electrons. The molecule has 0 bridgehead atoms. The van der Waals surface area contributed by atoms with Crippen LogP contribution in [0.3, 0.4) is 0 Å². The first-order chi connectivity index (χ1) is 8.54. The Morgan fingerprint density at radius 2 is 2.22 bits per heavy atom. The number of carbonyl (C=O) groups excluding carboxylic acids is 1. The van der Waals surface area contributed by atoms with E-state index in [0.717, 1.165) is 6.42 Å². The third-order valence-electron chi connectivity index (χ3n) is 3.44. The largest absolute Gasteiger partial charge is 0.336 e. The number of halogens is 2. The standard InChI is InChI=1S/C13H16Cl2N2O/c1-8-5-9(6-16)7-17(8)13(18)10-3-2-4-11(14)12(10)15/h2-4,8-9H,5-7,16H2,1H3. The van der Waals surface area contributed by atoms with Gasteiger partial charge in [-0.2, -0.15) is 0 Å². The highest BCUT2D eigenvalue weighted by Gasteiger charge is 2.32. The third-order valence-corrected chi connectivity index (χ3v) is 4.26. The molecule has 1 aliphatic heterocycles. The molecule has 0 aliphatic carbocycles. The fourth-order valence-corrected chi connectivity index (χ4v) is 2.80. The van der Waals surface area contributed by atoms with Crippen LogP contribution in [0.25, 0.3) is 0 Å². The van der Waals surface area contributed by atoms with Crippen LogP contribution in [0.4, 0.5) is 0 Å². The monoisotopic (exact) mass is 286 g/mol. The van der Waals surface area contributed by atoms with Crippen LogP contribution in [0.1, 0.15) is 23.7 Å². The van der Waals surface area contributed by atoms with E-state index in [-0.39, 0.29) is 11.9 Å². The molecule has 1 amide bonds. The van der Waals surface area contributed by atoms with E-state index >= 15 is 0 Å². The van der Waals surface area contributed by atoms with Crippen LogP contribution in [0, 0.1) is 5.92 Å². The number of hydrogen-bond acceptors (Lipinski definition) is 2. The van der Waals surface area contributed by atoms with Crippen LogP contribution < -0.4 is 5.73 Å². The van der Waals surface area contributed by atoms with Crippen molar-refractivity contribution in [2.45, 2.75) is 19.4 Å². The predicted molar refractivity (Wildman–Crippen MR) is 74.1 cm³/mol. The summed E-state index contributed by atoms with van der Waals surface area (Å²) in [7, 11) is 0. The Morgan fingerprint density at radius 3 is 2.83 bits per heavy atom. The lowest BCUT2D eigenvalue weighted by molar-refractivity contribution is 0.0743. The van der Waals surface area contributed by atoms with E-state index in [1.54, 1.807) is 18.2 Å². The lowest BCUT2D eigenvalue weighted by Crippen LogP contribution is -2.34. The highest BCUT2D eigenvalue weighted by molar-refractivity contribution is 6.43. The zero-order chi connectivity index (χ0) is 13.3. The topological polar surface area (TPSA) is 46.3 Å². The fourth-order valence-electron chi connectivity index (χ4n) is 2.42. The summed E-state index contributed by atoms with van der Waals surface area (Å²) in [4.78, 5) is 14.3. The lowest BCUT2D eigenvalue weighted by atomic mass is 10.1. The first kappa shape index (κ1) is 13.7. The zero-order valence-electron chi connectivity index (χ0n) is 10.2. The molecule has 18 heavy (non-hydrogen) atoms. The first-order valence-electron chi connectivity index (χ1n) is 5.99. The Bertz CT molecular complexity index is 464. The van der Waals surface area contributed by atoms with Gasteiger partial charge in [0.15, 0.2) is 0 Å². The maximum Gasteiger partial charge on any atom is 0.255 e. The van der Waals surface area contributed by atoms with Crippen molar-refractivity contribution in [3.05, 3.63) is 33.8 Å². The Balaban J connectivity index is 2.24. The molecular weight excluding hydrogens is 271 g/mol. The van der Waals surface area contributed by atoms with Crippen molar-refractivity contribution in [3.8, 4) is 0 Å². The van der Waals surface area contributed by atoms with Gasteiger partial charge in [0.25, 0.3) is 5.91 Å². The molecule has 1 aromatic rings. The number of hydrogen-bond donors (Lipinski definition) is 1. The highest BCUT2D eigenvalue weighted by Crippen LogP contribution is 2.30. The Hall–Kier alpha value is -0.770. The third kappa shape index (κ3) is 2.48. The van der Waals surface area contributed by atoms with Gasteiger partial charge >= 0.3 is 0 Å². The van der Waals surface area contributed by atoms with Crippen molar-refractivity contribution in [2.75, 3.05) is 13.1 Å². The molecule has 3 nitrogen and oxygen atoms in total. The second-order valence-electron chi connectivity index (χ2n) is 4.75. The minimum Gasteiger partial charge on any atom is -0.336 e. The van der Waals surface area contributed by atoms with Crippen LogP contribution in [0.5, 0.6) is 0 Å². The molecule has 1 aliphatic rings. The number of rotatable bonds is 2. The summed E-state index contributed by atoms with van der Waals surface area (Å²) in [6, 6.07) is 5.32. The second-order valence-corrected chi connectivity index (χ2v) is 5.53. The van der Waals surface area contributed by atoms with Gasteiger partial charge in [-0.15, -0.1) is 0 Å². The van der Waals surface area contributed by atoms with E-state index in [1.165, 1.54) is 0 Å². The second kappa shape index (κ2) is 5.47. The zero-order valence-corrected chi connectivity index (χ0v) is 11.7. The normalized spacial score (nSPS) is 23.4. The minimum atomic E-state index is -0.0639. The summed E-state index contributed by atoms with van der Waals surface area (Å²) in [5.41, 5.74) is 6.13. The van der Waals surface area contributed by atoms with Gasteiger partial charge in [-0.1, -0.05) is 29.3 Å². The molecule has 0 spiro atoms. The minimum absolute atomic E-state index is 0.0639. The number of nitrogens with two attached hydrogens (primary N) is 1. The molecule has 0 radical (unpaired) electrons. The van der Waals surface area contributed by atoms with E-state index in [2.05, 4.69) is 0 Å². The van der Waals surface area contributed by atoms with Gasteiger partial charge in [-0.05, 0) is 37.9 Å². The van der Waals surface area contributed by atoms with Gasteiger partial charge in [-0.3, -0.25) is 4.79 Å². The molecule has 2 N–H and O–H groups in total. The number of carbonyl (C=O) groups is 1. The van der Waals surface area contributed by atoms with Crippen LogP contribution in [0.15, 0.2) is 18.2 Å². The Morgan fingerprint density at radius 1 is 1.50 bits per heavy atom. The van der Waals surface area contributed by atoms with E-state index < -0.39 is 0 Å². The molecule has 2 unspecified atom stereocenters. The van der Waals surface area contributed by atoms with Crippen molar-refractivity contribution >= 4 is 29.1 Å². The van der Waals surface area contributed by atoms with Crippen molar-refractivity contribution in [2.24, 2.45) is 11.7 Å². The molecule has 2 rings (SSSR count). The summed E-state index contributed by atoms with van der Waals surface area (Å²) in [5.74, 6) is 0.313. The maximum absolute atomic E-state index is 12.4. The quantitative estimate of drug-likeness (QED) is 0.909. The molecular formula is C13H16Cl2N2O. The number of likely N-dealkylation sites (tertiary alicyclic amines) is 1. The number of benzene rings is 1. The number of nitrogens with zero attached hydrogens (tertiary/aromatic N) is 1. The summed E-state index contributed by atoms with van der Waals surface area (Å²) in [6.07, 6.45) is 0.945. The van der Waals surface area contributed by atoms with E-state index in [9.17, 15) is 4.79 Å². The van der Waals surface area contributed by atoms with E-state index in [0.29, 0.717) is 34.6 Å². The molecule has 1 saturated heterocycles. The summed E-state index contributed by atoms with van der Waals surface area (Å²) >= 11 is 12.0. The van der Waals surface area contributed by atoms with Crippen LogP contribution >= 0.6 is 23.2 Å². The molecule has 0 aromatic heterocycles. The van der Waals surface area contributed by atoms with Gasteiger partial charge in [0, 0.05) is 12.6 Å². The predicted octanol–water partition coefficient (Wildman–Crippen LogP) is 2.80. The van der Waals surface area contributed by atoms with Crippen molar-refractivity contribution in [3.63, 3.8) is 0 Å². The van der Waals surface area contributed by atoms with Gasteiger partial charge in [0.1, 0.15) is 0 Å². The van der Waals surface area contributed by atoms with Gasteiger partial charge in [0.2, 0.25) is 0 Å². The average Bonchev–Trinajstić information content (AvgIpc) is 2.73. The maximum atomic E-state index is 12.4. The Kier molecular flexibility index (Phi) is 4.15. The fraction of sp³-hybridized carbons (Fsp3) is 0.462. The van der Waals surface area contributed by atoms with E-state index in [4.69, 9.17) is 28.9 Å². The summed E-state index contributed by atoms with van der Waals surface area (Å²) in [5, 5.41) is 0.734. The van der Waals surface area contributed by atoms with Crippen molar-refractivity contribution < 1.29 is 4.79 Å².